The van der Waals surface area contributed by atoms with E-state index in [1.165, 1.54) is 0 Å². The largest absolute Gasteiger partial charge is 0.494 e. The number of nitrogens with zero attached hydrogens (tertiary/aromatic N) is 3. The molecule has 1 aromatic heterocycles. The van der Waals surface area contributed by atoms with Crippen molar-refractivity contribution >= 4 is 18.3 Å². The number of hydrogen-bond donors (Lipinski definition) is 1. The van der Waals surface area contributed by atoms with Gasteiger partial charge in [0.2, 0.25) is 17.6 Å². The third-order valence-electron chi connectivity index (χ3n) is 4.90. The number of rotatable bonds is 8. The normalized spacial score (nSPS) is 14.6. The summed E-state index contributed by atoms with van der Waals surface area (Å²) in [7, 11) is 1.98. The van der Waals surface area contributed by atoms with Gasteiger partial charge in [0.1, 0.15) is 5.75 Å². The summed E-state index contributed by atoms with van der Waals surface area (Å²) < 4.78 is 10.7. The molecule has 154 valence electrons. The highest BCUT2D eigenvalue weighted by molar-refractivity contribution is 5.85. The number of aryl methyl sites for hydroxylation is 1. The summed E-state index contributed by atoms with van der Waals surface area (Å²) >= 11 is 0. The lowest BCUT2D eigenvalue weighted by Gasteiger charge is -2.31. The molecule has 1 aliphatic heterocycles. The number of carbonyl (C=O) groups is 1. The van der Waals surface area contributed by atoms with Crippen LogP contribution in [-0.4, -0.2) is 54.2 Å². The Morgan fingerprint density at radius 2 is 2.00 bits per heavy atom. The summed E-state index contributed by atoms with van der Waals surface area (Å²) in [6.45, 7) is 5.29. The van der Waals surface area contributed by atoms with Crippen LogP contribution in [0.3, 0.4) is 0 Å². The van der Waals surface area contributed by atoms with E-state index in [-0.39, 0.29) is 18.3 Å². The predicted octanol–water partition coefficient (Wildman–Crippen LogP) is 2.95. The van der Waals surface area contributed by atoms with Gasteiger partial charge in [-0.3, -0.25) is 4.79 Å². The van der Waals surface area contributed by atoms with Gasteiger partial charge in [0.05, 0.1) is 6.61 Å². The van der Waals surface area contributed by atoms with Crippen LogP contribution in [0, 0.1) is 5.92 Å². The zero-order valence-corrected chi connectivity index (χ0v) is 17.3. The van der Waals surface area contributed by atoms with Crippen LogP contribution in [0.1, 0.15) is 32.1 Å². The average Bonchev–Trinajstić information content (AvgIpc) is 3.17. The number of nitrogens with one attached hydrogen (secondary N) is 1. The quantitative estimate of drug-likeness (QED) is 0.723. The summed E-state index contributed by atoms with van der Waals surface area (Å²) in [5.41, 5.74) is 0.867. The molecular formula is C20H29ClN4O3. The lowest BCUT2D eigenvalue weighted by atomic mass is 9.96. The second-order valence-corrected chi connectivity index (χ2v) is 6.85. The van der Waals surface area contributed by atoms with Crippen molar-refractivity contribution in [1.82, 2.24) is 20.4 Å². The van der Waals surface area contributed by atoms with Crippen LogP contribution in [0.25, 0.3) is 11.4 Å². The van der Waals surface area contributed by atoms with Gasteiger partial charge in [-0.1, -0.05) is 5.16 Å². The first-order valence-corrected chi connectivity index (χ1v) is 9.67. The Kier molecular flexibility index (Phi) is 8.73. The van der Waals surface area contributed by atoms with Crippen molar-refractivity contribution in [2.24, 2.45) is 5.92 Å². The van der Waals surface area contributed by atoms with Gasteiger partial charge in [-0.25, -0.2) is 0 Å². The molecule has 0 unspecified atom stereocenters. The second kappa shape index (κ2) is 11.0. The lowest BCUT2D eigenvalue weighted by molar-refractivity contribution is -0.132. The molecule has 0 aliphatic carbocycles. The third-order valence-corrected chi connectivity index (χ3v) is 4.90. The third kappa shape index (κ3) is 5.94. The van der Waals surface area contributed by atoms with Crippen LogP contribution in [0.4, 0.5) is 0 Å². The van der Waals surface area contributed by atoms with Crippen molar-refractivity contribution in [1.29, 1.82) is 0 Å². The molecule has 8 heteroatoms. The van der Waals surface area contributed by atoms with Gasteiger partial charge in [0.25, 0.3) is 0 Å². The van der Waals surface area contributed by atoms with E-state index in [1.54, 1.807) is 0 Å². The van der Waals surface area contributed by atoms with Gasteiger partial charge in [-0.05, 0) is 63.5 Å². The maximum Gasteiger partial charge on any atom is 0.227 e. The van der Waals surface area contributed by atoms with Crippen molar-refractivity contribution in [3.63, 3.8) is 0 Å². The molecule has 0 bridgehead atoms. The fourth-order valence-corrected chi connectivity index (χ4v) is 3.39. The molecule has 0 saturated carbocycles. The number of benzene rings is 1. The van der Waals surface area contributed by atoms with E-state index in [0.29, 0.717) is 37.1 Å². The molecule has 28 heavy (non-hydrogen) atoms. The van der Waals surface area contributed by atoms with E-state index in [9.17, 15) is 4.79 Å². The molecule has 1 amide bonds. The molecule has 3 rings (SSSR count). The minimum absolute atomic E-state index is 0. The zero-order valence-electron chi connectivity index (χ0n) is 16.5. The number of amides is 1. The first-order valence-electron chi connectivity index (χ1n) is 9.67. The molecule has 1 aromatic carbocycles. The zero-order chi connectivity index (χ0) is 19.1. The number of carbonyl (C=O) groups excluding carboxylic acids is 1. The van der Waals surface area contributed by atoms with Gasteiger partial charge in [-0.2, -0.15) is 4.98 Å². The number of likely N-dealkylation sites (tertiary alicyclic amines) is 1. The highest BCUT2D eigenvalue weighted by Crippen LogP contribution is 2.21. The summed E-state index contributed by atoms with van der Waals surface area (Å²) in [6.07, 6.45) is 3.00. The van der Waals surface area contributed by atoms with Crippen LogP contribution in [0.15, 0.2) is 28.8 Å². The topological polar surface area (TPSA) is 80.5 Å². The smallest absolute Gasteiger partial charge is 0.227 e. The van der Waals surface area contributed by atoms with E-state index in [1.807, 2.05) is 43.1 Å². The van der Waals surface area contributed by atoms with E-state index < -0.39 is 0 Å². The van der Waals surface area contributed by atoms with Crippen molar-refractivity contribution in [3.8, 4) is 17.1 Å². The molecule has 1 N–H and O–H groups in total. The minimum Gasteiger partial charge on any atom is -0.494 e. The molecule has 2 aromatic rings. The maximum atomic E-state index is 12.4. The molecule has 1 saturated heterocycles. The Morgan fingerprint density at radius 3 is 2.64 bits per heavy atom. The summed E-state index contributed by atoms with van der Waals surface area (Å²) in [4.78, 5) is 18.8. The molecule has 1 aliphatic rings. The molecule has 0 radical (unpaired) electrons. The van der Waals surface area contributed by atoms with E-state index in [2.05, 4.69) is 15.5 Å². The Labute approximate surface area is 172 Å². The molecule has 2 heterocycles. The molecule has 0 spiro atoms. The average molecular weight is 409 g/mol. The van der Waals surface area contributed by atoms with Gasteiger partial charge in [0, 0.05) is 31.5 Å². The maximum absolute atomic E-state index is 12.4. The number of piperidine rings is 1. The number of aromatic nitrogens is 2. The number of hydrogen-bond acceptors (Lipinski definition) is 6. The Hall–Kier alpha value is -2.12. The van der Waals surface area contributed by atoms with Crippen LogP contribution in [-0.2, 0) is 11.2 Å². The highest BCUT2D eigenvalue weighted by atomic mass is 35.5. The van der Waals surface area contributed by atoms with E-state index in [4.69, 9.17) is 9.26 Å². The molecule has 1 fully saturated rings. The fraction of sp³-hybridized carbons (Fsp3) is 0.550. The van der Waals surface area contributed by atoms with Crippen LogP contribution in [0.2, 0.25) is 0 Å². The van der Waals surface area contributed by atoms with Crippen molar-refractivity contribution in [2.45, 2.75) is 32.6 Å². The van der Waals surface area contributed by atoms with Gasteiger partial charge < -0.3 is 19.5 Å². The van der Waals surface area contributed by atoms with E-state index >= 15 is 0 Å². The molecule has 0 atom stereocenters. The SMILES string of the molecule is CCOc1ccc(-c2noc(CCC(=O)N3CCC(CNC)CC3)n2)cc1.Cl. The summed E-state index contributed by atoms with van der Waals surface area (Å²) in [6, 6.07) is 7.58. The fourth-order valence-electron chi connectivity index (χ4n) is 3.39. The summed E-state index contributed by atoms with van der Waals surface area (Å²) in [5.74, 6) is 2.69. The first-order chi connectivity index (χ1) is 13.2. The Morgan fingerprint density at radius 1 is 1.29 bits per heavy atom. The lowest BCUT2D eigenvalue weighted by Crippen LogP contribution is -2.40. The van der Waals surface area contributed by atoms with Crippen LogP contribution in [0.5, 0.6) is 5.75 Å². The number of ether oxygens (including phenoxy) is 1. The minimum atomic E-state index is 0. The van der Waals surface area contributed by atoms with Crippen molar-refractivity contribution in [2.75, 3.05) is 33.3 Å². The molecule has 7 nitrogen and oxygen atoms in total. The Bertz CT molecular complexity index is 727. The van der Waals surface area contributed by atoms with Gasteiger partial charge in [-0.15, -0.1) is 12.4 Å². The standard InChI is InChI=1S/C20H28N4O3.ClH/c1-3-26-17-6-4-16(5-7-17)20-22-18(27-23-20)8-9-19(25)24-12-10-15(11-13-24)14-21-2;/h4-7,15,21H,3,8-14H2,1-2H3;1H. The van der Waals surface area contributed by atoms with Crippen molar-refractivity contribution in [3.05, 3.63) is 30.2 Å². The van der Waals surface area contributed by atoms with Gasteiger partial charge >= 0.3 is 0 Å². The van der Waals surface area contributed by atoms with Crippen LogP contribution < -0.4 is 10.1 Å². The van der Waals surface area contributed by atoms with Crippen LogP contribution >= 0.6 is 12.4 Å². The van der Waals surface area contributed by atoms with Gasteiger partial charge in [0.15, 0.2) is 0 Å². The Balaban J connectivity index is 0.00000280. The predicted molar refractivity (Wildman–Crippen MR) is 110 cm³/mol. The number of halogens is 1. The highest BCUT2D eigenvalue weighted by Gasteiger charge is 2.22. The monoisotopic (exact) mass is 408 g/mol. The van der Waals surface area contributed by atoms with Crippen molar-refractivity contribution < 1.29 is 14.1 Å². The first kappa shape index (κ1) is 22.2. The molecular weight excluding hydrogens is 380 g/mol. The van der Waals surface area contributed by atoms with E-state index in [0.717, 1.165) is 43.8 Å². The second-order valence-electron chi connectivity index (χ2n) is 6.85. The summed E-state index contributed by atoms with van der Waals surface area (Å²) in [5, 5.41) is 7.24.